The lowest BCUT2D eigenvalue weighted by atomic mass is 10.2. The highest BCUT2D eigenvalue weighted by molar-refractivity contribution is 7.16. The lowest BCUT2D eigenvalue weighted by molar-refractivity contribution is 0.00875. The smallest absolute Gasteiger partial charge is 0.158 e. The minimum atomic E-state index is 0.244. The molecule has 0 radical (unpaired) electrons. The molecule has 0 amide bonds. The van der Waals surface area contributed by atoms with E-state index in [1.165, 1.54) is 0 Å². The molecular weight excluding hydrogens is 274 g/mol. The molecule has 1 N–H and O–H groups in total. The summed E-state index contributed by atoms with van der Waals surface area (Å²) in [7, 11) is 0. The van der Waals surface area contributed by atoms with Crippen molar-refractivity contribution in [2.75, 3.05) is 25.1 Å². The molecule has 1 aliphatic rings. The topological polar surface area (TPSA) is 56.3 Å². The Morgan fingerprint density at radius 1 is 1.50 bits per heavy atom. The Balaban J connectivity index is 1.67. The third-order valence-electron chi connectivity index (χ3n) is 3.27. The maximum Gasteiger partial charge on any atom is 0.158 e. The third-order valence-corrected chi connectivity index (χ3v) is 4.08. The fraction of sp³-hybridized carbons (Fsp3) is 0.571. The minimum absolute atomic E-state index is 0.244. The highest BCUT2D eigenvalue weighted by Gasteiger charge is 2.16. The summed E-state index contributed by atoms with van der Waals surface area (Å²) in [4.78, 5) is 10.1. The van der Waals surface area contributed by atoms with E-state index in [1.54, 1.807) is 11.3 Å². The van der Waals surface area contributed by atoms with E-state index in [4.69, 9.17) is 9.47 Å². The maximum atomic E-state index is 5.69. The summed E-state index contributed by atoms with van der Waals surface area (Å²) in [5.41, 5.74) is 0. The molecule has 108 valence electrons. The Hall–Kier alpha value is -1.24. The van der Waals surface area contributed by atoms with Crippen LogP contribution in [0.5, 0.6) is 0 Å². The van der Waals surface area contributed by atoms with Gasteiger partial charge in [0.1, 0.15) is 17.3 Å². The van der Waals surface area contributed by atoms with Gasteiger partial charge in [0.15, 0.2) is 5.82 Å². The molecule has 5 nitrogen and oxygen atoms in total. The van der Waals surface area contributed by atoms with Crippen molar-refractivity contribution in [3.05, 3.63) is 17.3 Å². The number of ether oxygens (including phenoxy) is 2. The molecule has 1 saturated heterocycles. The van der Waals surface area contributed by atoms with Gasteiger partial charge in [0, 0.05) is 13.2 Å². The molecule has 1 aliphatic heterocycles. The number of nitrogens with zero attached hydrogens (tertiary/aromatic N) is 2. The van der Waals surface area contributed by atoms with Gasteiger partial charge in [-0.05, 0) is 31.2 Å². The summed E-state index contributed by atoms with van der Waals surface area (Å²) in [5, 5.41) is 6.41. The molecule has 0 aliphatic carbocycles. The molecule has 1 fully saturated rings. The lowest BCUT2D eigenvalue weighted by Gasteiger charge is -2.10. The Bertz CT molecular complexity index is 567. The molecule has 1 unspecified atom stereocenters. The zero-order chi connectivity index (χ0) is 13.8. The number of fused-ring (bicyclic) bond motifs is 1. The molecule has 0 saturated carbocycles. The first-order chi connectivity index (χ1) is 9.86. The van der Waals surface area contributed by atoms with Crippen LogP contribution < -0.4 is 5.32 Å². The van der Waals surface area contributed by atoms with Crippen LogP contribution in [0.2, 0.25) is 0 Å². The number of aromatic nitrogens is 2. The molecule has 2 aromatic rings. The van der Waals surface area contributed by atoms with Crippen molar-refractivity contribution in [3.63, 3.8) is 0 Å². The van der Waals surface area contributed by atoms with Crippen LogP contribution in [0.3, 0.4) is 0 Å². The standard InChI is InChI=1S/C14H19N3O2S/c1-2-15-13-11-5-7-20-14(11)17-12(16-13)9-18-8-10-4-3-6-19-10/h5,7,10H,2-4,6,8-9H2,1H3,(H,15,16,17). The van der Waals surface area contributed by atoms with Gasteiger partial charge in [-0.25, -0.2) is 9.97 Å². The van der Waals surface area contributed by atoms with Crippen molar-refractivity contribution >= 4 is 27.4 Å². The van der Waals surface area contributed by atoms with Crippen LogP contribution in [0.1, 0.15) is 25.6 Å². The fourth-order valence-electron chi connectivity index (χ4n) is 2.32. The molecule has 6 heteroatoms. The minimum Gasteiger partial charge on any atom is -0.376 e. The molecule has 3 heterocycles. The average Bonchev–Trinajstić information content (AvgIpc) is 3.09. The lowest BCUT2D eigenvalue weighted by Crippen LogP contribution is -2.14. The number of thiophene rings is 1. The van der Waals surface area contributed by atoms with Gasteiger partial charge in [-0.3, -0.25) is 0 Å². The van der Waals surface area contributed by atoms with Gasteiger partial charge in [0.05, 0.1) is 18.1 Å². The Morgan fingerprint density at radius 2 is 2.45 bits per heavy atom. The first-order valence-electron chi connectivity index (χ1n) is 7.04. The molecule has 20 heavy (non-hydrogen) atoms. The van der Waals surface area contributed by atoms with E-state index in [0.29, 0.717) is 13.2 Å². The SMILES string of the molecule is CCNc1nc(COCC2CCCO2)nc2sccc12. The summed E-state index contributed by atoms with van der Waals surface area (Å²) < 4.78 is 11.2. The fourth-order valence-corrected chi connectivity index (χ4v) is 3.11. The van der Waals surface area contributed by atoms with Crippen LogP contribution in [0.25, 0.3) is 10.2 Å². The number of nitrogens with one attached hydrogen (secondary N) is 1. The van der Waals surface area contributed by atoms with Crippen LogP contribution in [-0.2, 0) is 16.1 Å². The zero-order valence-corrected chi connectivity index (χ0v) is 12.4. The predicted octanol–water partition coefficient (Wildman–Crippen LogP) is 2.82. The van der Waals surface area contributed by atoms with Crippen LogP contribution >= 0.6 is 11.3 Å². The van der Waals surface area contributed by atoms with E-state index in [1.807, 2.05) is 5.38 Å². The first kappa shape index (κ1) is 13.7. The molecule has 1 atom stereocenters. The van der Waals surface area contributed by atoms with E-state index in [-0.39, 0.29) is 6.10 Å². The van der Waals surface area contributed by atoms with Gasteiger partial charge in [-0.2, -0.15) is 0 Å². The Morgan fingerprint density at radius 3 is 3.25 bits per heavy atom. The Labute approximate surface area is 122 Å². The van der Waals surface area contributed by atoms with E-state index < -0.39 is 0 Å². The second kappa shape index (κ2) is 6.47. The van der Waals surface area contributed by atoms with Crippen LogP contribution in [-0.4, -0.2) is 35.8 Å². The average molecular weight is 293 g/mol. The highest BCUT2D eigenvalue weighted by atomic mass is 32.1. The number of rotatable bonds is 6. The number of hydrogen-bond donors (Lipinski definition) is 1. The van der Waals surface area contributed by atoms with E-state index in [0.717, 1.165) is 47.9 Å². The van der Waals surface area contributed by atoms with Gasteiger partial charge < -0.3 is 14.8 Å². The molecule has 0 spiro atoms. The molecular formula is C14H19N3O2S. The number of anilines is 1. The van der Waals surface area contributed by atoms with Crippen LogP contribution in [0, 0.1) is 0 Å². The van der Waals surface area contributed by atoms with Crippen LogP contribution in [0.15, 0.2) is 11.4 Å². The van der Waals surface area contributed by atoms with Gasteiger partial charge >= 0.3 is 0 Å². The van der Waals surface area contributed by atoms with E-state index in [9.17, 15) is 0 Å². The monoisotopic (exact) mass is 293 g/mol. The summed E-state index contributed by atoms with van der Waals surface area (Å²) in [6.07, 6.45) is 2.47. The normalized spacial score (nSPS) is 18.8. The van der Waals surface area contributed by atoms with E-state index in [2.05, 4.69) is 28.3 Å². The first-order valence-corrected chi connectivity index (χ1v) is 7.92. The Kier molecular flexibility index (Phi) is 4.44. The molecule has 0 aromatic carbocycles. The zero-order valence-electron chi connectivity index (χ0n) is 11.6. The van der Waals surface area contributed by atoms with Gasteiger partial charge in [-0.1, -0.05) is 0 Å². The van der Waals surface area contributed by atoms with Gasteiger partial charge in [-0.15, -0.1) is 11.3 Å². The van der Waals surface area contributed by atoms with Crippen molar-refractivity contribution in [1.29, 1.82) is 0 Å². The quantitative estimate of drug-likeness (QED) is 0.887. The summed E-state index contributed by atoms with van der Waals surface area (Å²) >= 11 is 1.63. The van der Waals surface area contributed by atoms with Crippen molar-refractivity contribution < 1.29 is 9.47 Å². The summed E-state index contributed by atoms with van der Waals surface area (Å²) in [6.45, 7) is 4.83. The molecule has 0 bridgehead atoms. The van der Waals surface area contributed by atoms with Crippen molar-refractivity contribution in [2.45, 2.75) is 32.5 Å². The predicted molar refractivity (Wildman–Crippen MR) is 80.2 cm³/mol. The maximum absolute atomic E-state index is 5.69. The second-order valence-corrected chi connectivity index (χ2v) is 5.70. The second-order valence-electron chi connectivity index (χ2n) is 4.81. The largest absolute Gasteiger partial charge is 0.376 e. The van der Waals surface area contributed by atoms with Gasteiger partial charge in [0.2, 0.25) is 0 Å². The van der Waals surface area contributed by atoms with Crippen LogP contribution in [0.4, 0.5) is 5.82 Å². The summed E-state index contributed by atoms with van der Waals surface area (Å²) in [5.74, 6) is 1.63. The van der Waals surface area contributed by atoms with Gasteiger partial charge in [0.25, 0.3) is 0 Å². The highest BCUT2D eigenvalue weighted by Crippen LogP contribution is 2.25. The molecule has 2 aromatic heterocycles. The molecule has 3 rings (SSSR count). The third kappa shape index (κ3) is 3.08. The van der Waals surface area contributed by atoms with Crippen molar-refractivity contribution in [3.8, 4) is 0 Å². The van der Waals surface area contributed by atoms with Crippen molar-refractivity contribution in [2.24, 2.45) is 0 Å². The van der Waals surface area contributed by atoms with Crippen molar-refractivity contribution in [1.82, 2.24) is 9.97 Å². The number of hydrogen-bond acceptors (Lipinski definition) is 6. The summed E-state index contributed by atoms with van der Waals surface area (Å²) in [6, 6.07) is 2.05. The van der Waals surface area contributed by atoms with E-state index >= 15 is 0 Å².